The predicted molar refractivity (Wildman–Crippen MR) is 84.5 cm³/mol. The van der Waals surface area contributed by atoms with Crippen molar-refractivity contribution in [2.45, 2.75) is 46.0 Å². The molecule has 1 saturated heterocycles. The van der Waals surface area contributed by atoms with Crippen molar-refractivity contribution in [2.24, 2.45) is 17.1 Å². The lowest BCUT2D eigenvalue weighted by atomic mass is 9.89. The summed E-state index contributed by atoms with van der Waals surface area (Å²) in [7, 11) is 0. The van der Waals surface area contributed by atoms with Crippen LogP contribution in [0.25, 0.3) is 0 Å². The summed E-state index contributed by atoms with van der Waals surface area (Å²) in [6.45, 7) is 8.02. The second kappa shape index (κ2) is 9.01. The Kier molecular flexibility index (Phi) is 7.69. The number of hydrogen-bond donors (Lipinski definition) is 2. The highest BCUT2D eigenvalue weighted by Gasteiger charge is 2.25. The van der Waals surface area contributed by atoms with Crippen molar-refractivity contribution in [1.29, 1.82) is 5.26 Å². The summed E-state index contributed by atoms with van der Waals surface area (Å²) in [5.41, 5.74) is 5.20. The minimum Gasteiger partial charge on any atom is -0.355 e. The monoisotopic (exact) mass is 294 g/mol. The van der Waals surface area contributed by atoms with E-state index in [0.717, 1.165) is 51.7 Å². The zero-order valence-electron chi connectivity index (χ0n) is 13.5. The molecule has 0 aromatic carbocycles. The van der Waals surface area contributed by atoms with Gasteiger partial charge < -0.3 is 16.0 Å². The Labute approximate surface area is 128 Å². The van der Waals surface area contributed by atoms with Gasteiger partial charge in [0.1, 0.15) is 0 Å². The molecule has 1 atom stereocenters. The molecule has 5 heteroatoms. The van der Waals surface area contributed by atoms with Crippen molar-refractivity contribution < 1.29 is 4.79 Å². The third kappa shape index (κ3) is 6.92. The number of nitrogens with two attached hydrogens (primary N) is 1. The van der Waals surface area contributed by atoms with Gasteiger partial charge in [-0.15, -0.1) is 0 Å². The first-order valence-corrected chi connectivity index (χ1v) is 8.10. The summed E-state index contributed by atoms with van der Waals surface area (Å²) in [5.74, 6) is 0.261. The molecule has 0 aromatic heterocycles. The molecule has 1 unspecified atom stereocenters. The first-order chi connectivity index (χ1) is 9.98. The van der Waals surface area contributed by atoms with Crippen LogP contribution in [0, 0.1) is 22.7 Å². The van der Waals surface area contributed by atoms with Crippen LogP contribution in [-0.4, -0.2) is 43.5 Å². The highest BCUT2D eigenvalue weighted by Crippen LogP contribution is 2.22. The lowest BCUT2D eigenvalue weighted by Crippen LogP contribution is -2.44. The van der Waals surface area contributed by atoms with E-state index in [4.69, 9.17) is 11.0 Å². The van der Waals surface area contributed by atoms with Gasteiger partial charge >= 0.3 is 0 Å². The largest absolute Gasteiger partial charge is 0.355 e. The van der Waals surface area contributed by atoms with Crippen molar-refractivity contribution in [3.63, 3.8) is 0 Å². The average Bonchev–Trinajstić information content (AvgIpc) is 2.49. The van der Waals surface area contributed by atoms with Crippen LogP contribution in [0.5, 0.6) is 0 Å². The zero-order chi connectivity index (χ0) is 15.7. The Hall–Kier alpha value is -1.12. The maximum atomic E-state index is 12.0. The maximum absolute atomic E-state index is 12.0. The first kappa shape index (κ1) is 17.9. The van der Waals surface area contributed by atoms with Crippen molar-refractivity contribution in [2.75, 3.05) is 32.7 Å². The summed E-state index contributed by atoms with van der Waals surface area (Å²) >= 11 is 0. The number of carbonyl (C=O) groups is 1. The van der Waals surface area contributed by atoms with Gasteiger partial charge in [0.25, 0.3) is 0 Å². The number of nitrogens with zero attached hydrogens (tertiary/aromatic N) is 2. The fourth-order valence-electron chi connectivity index (χ4n) is 2.77. The van der Waals surface area contributed by atoms with Gasteiger partial charge in [-0.25, -0.2) is 0 Å². The van der Waals surface area contributed by atoms with Gasteiger partial charge in [0, 0.05) is 19.6 Å². The van der Waals surface area contributed by atoms with Gasteiger partial charge in [-0.2, -0.15) is 5.26 Å². The molecule has 0 spiro atoms. The van der Waals surface area contributed by atoms with Crippen molar-refractivity contribution in [3.8, 4) is 6.07 Å². The standard InChI is InChI=1S/C16H30N4O/c1-16(2,13-18)7-3-4-10-20-11-5-6-14(12-20)15(21)19-9-8-17/h14H,3-12,17H2,1-2H3,(H,19,21). The minimum atomic E-state index is -0.216. The van der Waals surface area contributed by atoms with Crippen molar-refractivity contribution in [1.82, 2.24) is 10.2 Å². The molecule has 1 fully saturated rings. The van der Waals surface area contributed by atoms with Gasteiger partial charge in [0.05, 0.1) is 17.4 Å². The van der Waals surface area contributed by atoms with E-state index in [-0.39, 0.29) is 17.2 Å². The van der Waals surface area contributed by atoms with Crippen LogP contribution < -0.4 is 11.1 Å². The number of piperidine rings is 1. The molecule has 3 N–H and O–H groups in total. The number of rotatable bonds is 8. The molecular weight excluding hydrogens is 264 g/mol. The Balaban J connectivity index is 2.24. The number of unbranched alkanes of at least 4 members (excludes halogenated alkanes) is 1. The normalized spacial score (nSPS) is 20.0. The van der Waals surface area contributed by atoms with Crippen LogP contribution in [0.3, 0.4) is 0 Å². The minimum absolute atomic E-state index is 0.112. The second-order valence-corrected chi connectivity index (χ2v) is 6.67. The molecule has 1 amide bonds. The first-order valence-electron chi connectivity index (χ1n) is 8.10. The van der Waals surface area contributed by atoms with Crippen LogP contribution in [0.1, 0.15) is 46.0 Å². The Morgan fingerprint density at radius 3 is 2.90 bits per heavy atom. The van der Waals surface area contributed by atoms with Gasteiger partial charge in [-0.1, -0.05) is 6.42 Å². The van der Waals surface area contributed by atoms with Crippen molar-refractivity contribution >= 4 is 5.91 Å². The van der Waals surface area contributed by atoms with Gasteiger partial charge in [0.2, 0.25) is 5.91 Å². The molecule has 1 heterocycles. The zero-order valence-corrected chi connectivity index (χ0v) is 13.5. The number of nitriles is 1. The maximum Gasteiger partial charge on any atom is 0.224 e. The van der Waals surface area contributed by atoms with E-state index in [1.807, 2.05) is 13.8 Å². The number of amides is 1. The summed E-state index contributed by atoms with van der Waals surface area (Å²) < 4.78 is 0. The van der Waals surface area contributed by atoms with Crippen LogP contribution in [-0.2, 0) is 4.79 Å². The fraction of sp³-hybridized carbons (Fsp3) is 0.875. The van der Waals surface area contributed by atoms with E-state index in [9.17, 15) is 4.79 Å². The van der Waals surface area contributed by atoms with Crippen LogP contribution >= 0.6 is 0 Å². The second-order valence-electron chi connectivity index (χ2n) is 6.67. The molecule has 0 aromatic rings. The average molecular weight is 294 g/mol. The van der Waals surface area contributed by atoms with E-state index in [0.29, 0.717) is 13.1 Å². The molecule has 0 aliphatic carbocycles. The number of likely N-dealkylation sites (tertiary alicyclic amines) is 1. The number of hydrogen-bond acceptors (Lipinski definition) is 4. The van der Waals surface area contributed by atoms with Gasteiger partial charge in [-0.05, 0) is 52.6 Å². The summed E-state index contributed by atoms with van der Waals surface area (Å²) in [4.78, 5) is 14.4. The van der Waals surface area contributed by atoms with Gasteiger partial charge in [0.15, 0.2) is 0 Å². The number of carbonyl (C=O) groups excluding carboxylic acids is 1. The van der Waals surface area contributed by atoms with Crippen LogP contribution in [0.4, 0.5) is 0 Å². The SMILES string of the molecule is CC(C)(C#N)CCCCN1CCCC(C(=O)NCCN)C1. The third-order valence-corrected chi connectivity index (χ3v) is 4.15. The molecular formula is C16H30N4O. The number of nitrogens with one attached hydrogen (secondary N) is 1. The third-order valence-electron chi connectivity index (χ3n) is 4.15. The quantitative estimate of drug-likeness (QED) is 0.665. The van der Waals surface area contributed by atoms with Crippen LogP contribution in [0.2, 0.25) is 0 Å². The highest BCUT2D eigenvalue weighted by atomic mass is 16.1. The lowest BCUT2D eigenvalue weighted by molar-refractivity contribution is -0.126. The Morgan fingerprint density at radius 1 is 1.48 bits per heavy atom. The molecule has 120 valence electrons. The molecule has 1 aliphatic heterocycles. The predicted octanol–water partition coefficient (Wildman–Crippen LogP) is 1.49. The lowest BCUT2D eigenvalue weighted by Gasteiger charge is -2.32. The summed E-state index contributed by atoms with van der Waals surface area (Å²) in [6.07, 6.45) is 5.18. The fourth-order valence-corrected chi connectivity index (χ4v) is 2.77. The molecule has 21 heavy (non-hydrogen) atoms. The molecule has 5 nitrogen and oxygen atoms in total. The van der Waals surface area contributed by atoms with E-state index in [1.54, 1.807) is 0 Å². The summed E-state index contributed by atoms with van der Waals surface area (Å²) in [5, 5.41) is 11.9. The smallest absolute Gasteiger partial charge is 0.224 e. The molecule has 1 rings (SSSR count). The topological polar surface area (TPSA) is 82.2 Å². The molecule has 1 aliphatic rings. The van der Waals surface area contributed by atoms with Crippen molar-refractivity contribution in [3.05, 3.63) is 0 Å². The van der Waals surface area contributed by atoms with Crippen LogP contribution in [0.15, 0.2) is 0 Å². The molecule has 0 bridgehead atoms. The highest BCUT2D eigenvalue weighted by molar-refractivity contribution is 5.78. The Morgan fingerprint density at radius 2 is 2.24 bits per heavy atom. The Bertz CT molecular complexity index is 362. The molecule has 0 saturated carbocycles. The van der Waals surface area contributed by atoms with E-state index in [2.05, 4.69) is 16.3 Å². The van der Waals surface area contributed by atoms with E-state index < -0.39 is 0 Å². The van der Waals surface area contributed by atoms with Gasteiger partial charge in [-0.3, -0.25) is 4.79 Å². The molecule has 0 radical (unpaired) electrons. The van der Waals surface area contributed by atoms with E-state index >= 15 is 0 Å². The van der Waals surface area contributed by atoms with E-state index in [1.165, 1.54) is 0 Å². The summed E-state index contributed by atoms with van der Waals surface area (Å²) in [6, 6.07) is 2.34.